The largest absolute Gasteiger partial charge is 0.494 e. The molecule has 3 rings (SSSR count). The van der Waals surface area contributed by atoms with Gasteiger partial charge in [0.1, 0.15) is 0 Å². The first-order valence-corrected chi connectivity index (χ1v) is 13.6. The van der Waals surface area contributed by atoms with Gasteiger partial charge in [-0.1, -0.05) is 0 Å². The standard InChI is InChI=1S/C22H26FN5O3S.C4H6O5/c1-28(2)14-4-12-25-32(29,30)18-8-6-17(7-9-18)26-22-24-13-11-20(27-22)16-5-10-21(31-3)19(23)15-16;5-2(4(8)9)1-3(6)7/h5-11,13,15,25H,4,12,14H2,1-3H3,(H,24,26,27);2,5H,1H2,(H,6,7)(H,8,9). The molecule has 0 saturated heterocycles. The van der Waals surface area contributed by atoms with Gasteiger partial charge in [0, 0.05) is 24.0 Å². The molecule has 1 heterocycles. The predicted molar refractivity (Wildman–Crippen MR) is 148 cm³/mol. The average molecular weight is 594 g/mol. The van der Waals surface area contributed by atoms with Crippen molar-refractivity contribution in [3.8, 4) is 17.0 Å². The Morgan fingerprint density at radius 1 is 1.10 bits per heavy atom. The topological polar surface area (TPSA) is 191 Å². The minimum atomic E-state index is -3.57. The fraction of sp³-hybridized carbons (Fsp3) is 0.308. The van der Waals surface area contributed by atoms with Crippen LogP contribution in [0.4, 0.5) is 16.0 Å². The van der Waals surface area contributed by atoms with Gasteiger partial charge < -0.3 is 30.3 Å². The van der Waals surface area contributed by atoms with Crippen LogP contribution in [0.2, 0.25) is 0 Å². The number of sulfonamides is 1. The van der Waals surface area contributed by atoms with E-state index in [2.05, 4.69) is 20.0 Å². The van der Waals surface area contributed by atoms with Crippen molar-refractivity contribution in [3.63, 3.8) is 0 Å². The van der Waals surface area contributed by atoms with E-state index in [9.17, 15) is 22.4 Å². The molecule has 0 aliphatic heterocycles. The lowest BCUT2D eigenvalue weighted by atomic mass is 10.1. The summed E-state index contributed by atoms with van der Waals surface area (Å²) in [6.07, 6.45) is -0.265. The van der Waals surface area contributed by atoms with Crippen LogP contribution in [0.25, 0.3) is 11.3 Å². The number of carboxylic acid groups (broad SMARTS) is 2. The Morgan fingerprint density at radius 3 is 2.32 bits per heavy atom. The summed E-state index contributed by atoms with van der Waals surface area (Å²) in [5.74, 6) is -2.87. The summed E-state index contributed by atoms with van der Waals surface area (Å²) in [5, 5.41) is 27.2. The van der Waals surface area contributed by atoms with Crippen LogP contribution in [-0.4, -0.2) is 90.9 Å². The molecule has 2 aromatic carbocycles. The molecule has 15 heteroatoms. The van der Waals surface area contributed by atoms with Crippen LogP contribution in [0.15, 0.2) is 59.6 Å². The van der Waals surface area contributed by atoms with E-state index in [0.29, 0.717) is 29.4 Å². The van der Waals surface area contributed by atoms with Crippen molar-refractivity contribution in [2.75, 3.05) is 39.6 Å². The number of aliphatic carboxylic acids is 2. The lowest BCUT2D eigenvalue weighted by Crippen LogP contribution is -2.27. The number of aromatic nitrogens is 2. The van der Waals surface area contributed by atoms with Crippen molar-refractivity contribution in [1.29, 1.82) is 0 Å². The Morgan fingerprint density at radius 2 is 1.78 bits per heavy atom. The molecule has 0 aliphatic rings. The zero-order valence-corrected chi connectivity index (χ0v) is 23.4. The van der Waals surface area contributed by atoms with Gasteiger partial charge in [0.25, 0.3) is 0 Å². The fourth-order valence-electron chi connectivity index (χ4n) is 3.19. The van der Waals surface area contributed by atoms with Gasteiger partial charge >= 0.3 is 11.9 Å². The molecule has 5 N–H and O–H groups in total. The van der Waals surface area contributed by atoms with Crippen LogP contribution in [0.5, 0.6) is 5.75 Å². The molecule has 222 valence electrons. The smallest absolute Gasteiger partial charge is 0.333 e. The summed E-state index contributed by atoms with van der Waals surface area (Å²) in [7, 11) is 1.71. The van der Waals surface area contributed by atoms with Crippen molar-refractivity contribution in [1.82, 2.24) is 19.6 Å². The lowest BCUT2D eigenvalue weighted by molar-refractivity contribution is -0.152. The molecule has 1 unspecified atom stereocenters. The molecule has 0 aliphatic carbocycles. The molecule has 0 spiro atoms. The molecule has 3 aromatic rings. The van der Waals surface area contributed by atoms with Crippen molar-refractivity contribution in [3.05, 3.63) is 60.5 Å². The van der Waals surface area contributed by atoms with E-state index in [4.69, 9.17) is 20.1 Å². The van der Waals surface area contributed by atoms with Crippen LogP contribution in [-0.2, 0) is 19.6 Å². The highest BCUT2D eigenvalue weighted by Crippen LogP contribution is 2.25. The second kappa shape index (κ2) is 15.6. The summed E-state index contributed by atoms with van der Waals surface area (Å²) in [6.45, 7) is 1.17. The van der Waals surface area contributed by atoms with Crippen LogP contribution < -0.4 is 14.8 Å². The highest BCUT2D eigenvalue weighted by Gasteiger charge is 2.16. The number of methoxy groups -OCH3 is 1. The van der Waals surface area contributed by atoms with Gasteiger partial charge in [-0.15, -0.1) is 0 Å². The maximum atomic E-state index is 14.0. The van der Waals surface area contributed by atoms with Crippen molar-refractivity contribution in [2.45, 2.75) is 23.8 Å². The monoisotopic (exact) mass is 593 g/mol. The molecule has 0 fully saturated rings. The molecule has 0 saturated carbocycles. The molecular formula is C26H32FN5O8S. The second-order valence-electron chi connectivity index (χ2n) is 8.77. The summed E-state index contributed by atoms with van der Waals surface area (Å²) in [6, 6.07) is 12.6. The zero-order chi connectivity index (χ0) is 30.6. The number of aliphatic hydroxyl groups is 1. The molecule has 1 aromatic heterocycles. The number of carbonyl (C=O) groups is 2. The molecule has 0 amide bonds. The van der Waals surface area contributed by atoms with Crippen LogP contribution >= 0.6 is 0 Å². The Labute approximate surface area is 236 Å². The van der Waals surface area contributed by atoms with Crippen molar-refractivity contribution in [2.24, 2.45) is 0 Å². The lowest BCUT2D eigenvalue weighted by Gasteiger charge is -2.11. The van der Waals surface area contributed by atoms with Crippen molar-refractivity contribution >= 4 is 33.6 Å². The Hall–Kier alpha value is -4.18. The summed E-state index contributed by atoms with van der Waals surface area (Å²) in [4.78, 5) is 30.2. The van der Waals surface area contributed by atoms with Crippen LogP contribution in [0.3, 0.4) is 0 Å². The Balaban J connectivity index is 0.000000564. The third kappa shape index (κ3) is 11.1. The maximum absolute atomic E-state index is 14.0. The molecule has 13 nitrogen and oxygen atoms in total. The number of halogens is 1. The number of nitrogens with one attached hydrogen (secondary N) is 2. The van der Waals surface area contributed by atoms with Gasteiger partial charge in [0.05, 0.1) is 24.1 Å². The first-order chi connectivity index (χ1) is 19.3. The van der Waals surface area contributed by atoms with E-state index in [1.165, 1.54) is 31.4 Å². The quantitative estimate of drug-likeness (QED) is 0.182. The molecule has 41 heavy (non-hydrogen) atoms. The normalized spacial score (nSPS) is 11.8. The second-order valence-corrected chi connectivity index (χ2v) is 10.5. The van der Waals surface area contributed by atoms with E-state index in [1.54, 1.807) is 30.5 Å². The van der Waals surface area contributed by atoms with Crippen LogP contribution in [0, 0.1) is 5.82 Å². The minimum Gasteiger partial charge on any atom is -0.494 e. The number of carboxylic acids is 2. The summed E-state index contributed by atoms with van der Waals surface area (Å²) < 4.78 is 46.4. The van der Waals surface area contributed by atoms with E-state index in [-0.39, 0.29) is 10.6 Å². The third-order valence-electron chi connectivity index (χ3n) is 5.25. The van der Waals surface area contributed by atoms with Gasteiger partial charge in [0.15, 0.2) is 17.7 Å². The Kier molecular flexibility index (Phi) is 12.5. The van der Waals surface area contributed by atoms with Crippen molar-refractivity contribution < 1.29 is 42.5 Å². The van der Waals surface area contributed by atoms with Gasteiger partial charge in [0.2, 0.25) is 16.0 Å². The Bertz CT molecular complexity index is 1420. The van der Waals surface area contributed by atoms with Gasteiger partial charge in [-0.25, -0.2) is 32.3 Å². The predicted octanol–water partition coefficient (Wildman–Crippen LogP) is 2.17. The summed E-state index contributed by atoms with van der Waals surface area (Å²) in [5.41, 5.74) is 1.73. The van der Waals surface area contributed by atoms with Crippen LogP contribution in [0.1, 0.15) is 12.8 Å². The third-order valence-corrected chi connectivity index (χ3v) is 6.73. The number of benzene rings is 2. The number of anilines is 2. The zero-order valence-electron chi connectivity index (χ0n) is 22.6. The number of rotatable bonds is 13. The van der Waals surface area contributed by atoms with E-state index < -0.39 is 40.3 Å². The van der Waals surface area contributed by atoms with E-state index in [1.807, 2.05) is 19.0 Å². The number of hydrogen-bond acceptors (Lipinski definition) is 10. The molecule has 1 atom stereocenters. The summed E-state index contributed by atoms with van der Waals surface area (Å²) >= 11 is 0. The molecule has 0 radical (unpaired) electrons. The maximum Gasteiger partial charge on any atom is 0.333 e. The fourth-order valence-corrected chi connectivity index (χ4v) is 4.26. The molecule has 0 bridgehead atoms. The van der Waals surface area contributed by atoms with Gasteiger partial charge in [-0.05, 0) is 75.6 Å². The highest BCUT2D eigenvalue weighted by atomic mass is 32.2. The van der Waals surface area contributed by atoms with Gasteiger partial charge in [-0.3, -0.25) is 4.79 Å². The van der Waals surface area contributed by atoms with Gasteiger partial charge in [-0.2, -0.15) is 0 Å². The average Bonchev–Trinajstić information content (AvgIpc) is 2.91. The van der Waals surface area contributed by atoms with E-state index >= 15 is 0 Å². The highest BCUT2D eigenvalue weighted by molar-refractivity contribution is 7.89. The number of nitrogens with zero attached hydrogens (tertiary/aromatic N) is 3. The first-order valence-electron chi connectivity index (χ1n) is 12.1. The number of hydrogen-bond donors (Lipinski definition) is 5. The molecular weight excluding hydrogens is 561 g/mol. The van der Waals surface area contributed by atoms with E-state index in [0.717, 1.165) is 13.0 Å². The SMILES string of the molecule is COc1ccc(-c2ccnc(Nc3ccc(S(=O)(=O)NCCCN(C)C)cc3)n2)cc1F.O=C(O)CC(O)C(=O)O. The number of aliphatic hydroxyl groups excluding tert-OH is 1. The minimum absolute atomic E-state index is 0.156. The number of ether oxygens (including phenoxy) is 1. The first kappa shape index (κ1) is 33.0.